The van der Waals surface area contributed by atoms with Crippen LogP contribution in [0.25, 0.3) is 0 Å². The second-order valence-corrected chi connectivity index (χ2v) is 4.17. The number of aliphatic hydroxyl groups excluding tert-OH is 1. The number of rotatable bonds is 4. The van der Waals surface area contributed by atoms with Crippen molar-refractivity contribution in [2.24, 2.45) is 0 Å². The first kappa shape index (κ1) is 11.9. The Bertz CT molecular complexity index is 351. The Morgan fingerprint density at radius 2 is 2.07 bits per heavy atom. The Labute approximate surface area is 96.9 Å². The molecule has 0 aliphatic carbocycles. The zero-order valence-electron chi connectivity index (χ0n) is 8.11. The average Bonchev–Trinajstić information content (AvgIpc) is 2.26. The fourth-order valence-electron chi connectivity index (χ4n) is 1.07. The van der Waals surface area contributed by atoms with Gasteiger partial charge in [-0.05, 0) is 5.56 Å². The van der Waals surface area contributed by atoms with E-state index in [9.17, 15) is 9.90 Å². The summed E-state index contributed by atoms with van der Waals surface area (Å²) in [5.74, 6) is -0.429. The largest absolute Gasteiger partial charge is 0.378 e. The number of amides is 1. The standard InChI is InChI=1S/C11H12BrNO2/c1-8(12)7-13-11(15)10(14)9-5-3-2-4-6-9/h2-6,10,14H,1,7H2,(H,13,15). The molecule has 3 nitrogen and oxygen atoms in total. The smallest absolute Gasteiger partial charge is 0.253 e. The Morgan fingerprint density at radius 3 is 2.60 bits per heavy atom. The number of carbonyl (C=O) groups is 1. The van der Waals surface area contributed by atoms with Gasteiger partial charge in [0, 0.05) is 11.0 Å². The molecule has 15 heavy (non-hydrogen) atoms. The predicted octanol–water partition coefficient (Wildman–Crippen LogP) is 1.74. The fourth-order valence-corrected chi connectivity index (χ4v) is 1.21. The lowest BCUT2D eigenvalue weighted by Crippen LogP contribution is -2.30. The van der Waals surface area contributed by atoms with Gasteiger partial charge in [-0.15, -0.1) is 0 Å². The zero-order valence-corrected chi connectivity index (χ0v) is 9.70. The highest BCUT2D eigenvalue weighted by atomic mass is 79.9. The van der Waals surface area contributed by atoms with Crippen LogP contribution in [0, 0.1) is 0 Å². The van der Waals surface area contributed by atoms with Crippen molar-refractivity contribution in [3.05, 3.63) is 47.0 Å². The second kappa shape index (κ2) is 5.68. The molecular formula is C11H12BrNO2. The van der Waals surface area contributed by atoms with E-state index in [1.54, 1.807) is 24.3 Å². The summed E-state index contributed by atoms with van der Waals surface area (Å²) in [5, 5.41) is 12.2. The van der Waals surface area contributed by atoms with Crippen molar-refractivity contribution in [3.63, 3.8) is 0 Å². The molecule has 1 amide bonds. The van der Waals surface area contributed by atoms with Crippen LogP contribution in [-0.2, 0) is 4.79 Å². The van der Waals surface area contributed by atoms with Crippen molar-refractivity contribution >= 4 is 21.8 Å². The molecule has 1 rings (SSSR count). The van der Waals surface area contributed by atoms with Crippen molar-refractivity contribution in [1.82, 2.24) is 5.32 Å². The molecule has 0 aliphatic heterocycles. The highest BCUT2D eigenvalue weighted by molar-refractivity contribution is 9.11. The summed E-state index contributed by atoms with van der Waals surface area (Å²) in [6, 6.07) is 8.78. The highest BCUT2D eigenvalue weighted by Crippen LogP contribution is 2.11. The molecule has 2 N–H and O–H groups in total. The van der Waals surface area contributed by atoms with Gasteiger partial charge in [-0.1, -0.05) is 52.8 Å². The Kier molecular flexibility index (Phi) is 4.52. The van der Waals surface area contributed by atoms with Crippen molar-refractivity contribution in [1.29, 1.82) is 0 Å². The molecule has 0 bridgehead atoms. The maximum absolute atomic E-state index is 11.4. The fraction of sp³-hybridized carbons (Fsp3) is 0.182. The molecule has 0 aromatic heterocycles. The number of carbonyl (C=O) groups excluding carboxylic acids is 1. The Morgan fingerprint density at radius 1 is 1.47 bits per heavy atom. The molecule has 0 spiro atoms. The van der Waals surface area contributed by atoms with Crippen LogP contribution >= 0.6 is 15.9 Å². The monoisotopic (exact) mass is 269 g/mol. The molecule has 0 heterocycles. The first-order valence-corrected chi connectivity index (χ1v) is 5.24. The van der Waals surface area contributed by atoms with Crippen LogP contribution < -0.4 is 5.32 Å². The van der Waals surface area contributed by atoms with Crippen LogP contribution in [0.4, 0.5) is 0 Å². The van der Waals surface area contributed by atoms with Gasteiger partial charge in [-0.2, -0.15) is 0 Å². The van der Waals surface area contributed by atoms with Crippen molar-refractivity contribution < 1.29 is 9.90 Å². The number of aliphatic hydroxyl groups is 1. The third-order valence-corrected chi connectivity index (χ3v) is 2.10. The quantitative estimate of drug-likeness (QED) is 0.875. The second-order valence-electron chi connectivity index (χ2n) is 3.05. The van der Waals surface area contributed by atoms with Crippen molar-refractivity contribution in [3.8, 4) is 0 Å². The van der Waals surface area contributed by atoms with E-state index in [0.717, 1.165) is 0 Å². The van der Waals surface area contributed by atoms with Crippen LogP contribution in [0.15, 0.2) is 41.4 Å². The third-order valence-electron chi connectivity index (χ3n) is 1.82. The normalized spacial score (nSPS) is 11.9. The molecule has 80 valence electrons. The van der Waals surface area contributed by atoms with E-state index in [1.165, 1.54) is 0 Å². The van der Waals surface area contributed by atoms with E-state index in [-0.39, 0.29) is 0 Å². The van der Waals surface area contributed by atoms with Gasteiger partial charge in [-0.3, -0.25) is 4.79 Å². The number of hydrogen-bond donors (Lipinski definition) is 2. The van der Waals surface area contributed by atoms with E-state index >= 15 is 0 Å². The lowest BCUT2D eigenvalue weighted by molar-refractivity contribution is -0.129. The molecule has 1 atom stereocenters. The SMILES string of the molecule is C=C(Br)CNC(=O)C(O)c1ccccc1. The van der Waals surface area contributed by atoms with Crippen molar-refractivity contribution in [2.75, 3.05) is 6.54 Å². The minimum absolute atomic E-state index is 0.308. The van der Waals surface area contributed by atoms with Gasteiger partial charge in [-0.25, -0.2) is 0 Å². The van der Waals surface area contributed by atoms with Crippen LogP contribution in [-0.4, -0.2) is 17.6 Å². The van der Waals surface area contributed by atoms with Gasteiger partial charge in [0.15, 0.2) is 6.10 Å². The van der Waals surface area contributed by atoms with Crippen molar-refractivity contribution in [2.45, 2.75) is 6.10 Å². The molecule has 0 radical (unpaired) electrons. The first-order valence-electron chi connectivity index (χ1n) is 4.45. The molecule has 0 saturated heterocycles. The number of benzene rings is 1. The van der Waals surface area contributed by atoms with E-state index in [0.29, 0.717) is 16.6 Å². The topological polar surface area (TPSA) is 49.3 Å². The summed E-state index contributed by atoms with van der Waals surface area (Å²) in [6.45, 7) is 3.89. The summed E-state index contributed by atoms with van der Waals surface area (Å²) >= 11 is 3.12. The van der Waals surface area contributed by atoms with Crippen LogP contribution in [0.1, 0.15) is 11.7 Å². The summed E-state index contributed by atoms with van der Waals surface area (Å²) in [5.41, 5.74) is 0.579. The van der Waals surface area contributed by atoms with Gasteiger partial charge >= 0.3 is 0 Å². The minimum atomic E-state index is -1.13. The molecule has 4 heteroatoms. The summed E-state index contributed by atoms with van der Waals surface area (Å²) in [4.78, 5) is 11.4. The molecule has 1 unspecified atom stereocenters. The summed E-state index contributed by atoms with van der Waals surface area (Å²) < 4.78 is 0.663. The maximum Gasteiger partial charge on any atom is 0.253 e. The minimum Gasteiger partial charge on any atom is -0.378 e. The summed E-state index contributed by atoms with van der Waals surface area (Å²) in [6.07, 6.45) is -1.13. The first-order chi connectivity index (χ1) is 7.11. The van der Waals surface area contributed by atoms with Gasteiger partial charge in [0.1, 0.15) is 0 Å². The van der Waals surface area contributed by atoms with E-state index in [2.05, 4.69) is 27.8 Å². The Hall–Kier alpha value is -1.13. The number of halogens is 1. The van der Waals surface area contributed by atoms with Crippen LogP contribution in [0.3, 0.4) is 0 Å². The lowest BCUT2D eigenvalue weighted by Gasteiger charge is -2.10. The molecular weight excluding hydrogens is 258 g/mol. The van der Waals surface area contributed by atoms with Crippen LogP contribution in [0.2, 0.25) is 0 Å². The third kappa shape index (κ3) is 3.85. The average molecular weight is 270 g/mol. The van der Waals surface area contributed by atoms with Gasteiger partial charge < -0.3 is 10.4 Å². The molecule has 0 fully saturated rings. The molecule has 0 aliphatic rings. The maximum atomic E-state index is 11.4. The molecule has 1 aromatic carbocycles. The number of nitrogens with one attached hydrogen (secondary N) is 1. The lowest BCUT2D eigenvalue weighted by atomic mass is 10.1. The van der Waals surface area contributed by atoms with Crippen LogP contribution in [0.5, 0.6) is 0 Å². The highest BCUT2D eigenvalue weighted by Gasteiger charge is 2.15. The van der Waals surface area contributed by atoms with E-state index in [4.69, 9.17) is 0 Å². The van der Waals surface area contributed by atoms with Gasteiger partial charge in [0.2, 0.25) is 0 Å². The molecule has 0 saturated carbocycles. The van der Waals surface area contributed by atoms with E-state index in [1.807, 2.05) is 6.07 Å². The van der Waals surface area contributed by atoms with Gasteiger partial charge in [0.25, 0.3) is 5.91 Å². The summed E-state index contributed by atoms with van der Waals surface area (Å²) in [7, 11) is 0. The zero-order chi connectivity index (χ0) is 11.3. The van der Waals surface area contributed by atoms with E-state index < -0.39 is 12.0 Å². The predicted molar refractivity (Wildman–Crippen MR) is 62.5 cm³/mol. The van der Waals surface area contributed by atoms with Gasteiger partial charge in [0.05, 0.1) is 0 Å². The number of hydrogen-bond acceptors (Lipinski definition) is 2. The Balaban J connectivity index is 2.57. The molecule has 1 aromatic rings.